The van der Waals surface area contributed by atoms with Crippen LogP contribution in [-0.4, -0.2) is 64.1 Å². The number of rotatable bonds is 8. The highest BCUT2D eigenvalue weighted by atomic mass is 32.1. The summed E-state index contributed by atoms with van der Waals surface area (Å²) in [6, 6.07) is 3.10. The van der Waals surface area contributed by atoms with Crippen molar-refractivity contribution in [1.82, 2.24) is 19.9 Å². The normalized spacial score (nSPS) is 17.8. The maximum atomic E-state index is 13.9. The third kappa shape index (κ3) is 5.61. The molecule has 1 fully saturated rings. The standard InChI is InChI=1S/C27H27F3N6O5S/c1-4-40-25(38)17-11-14(33-26-32-9-10-42-26)12-36(17)24(37)21-22(13(2)31)41-23(35-21)16-5-7-18(39-3)20-15(16)6-8-19(34-20)27(28,29)30/h5-10,13-14,17H,4,11-12,31H2,1-3H3,(H,32,33)/t13-,14-,17-/m0/s1. The molecule has 15 heteroatoms. The number of nitrogens with two attached hydrogens (primary N) is 1. The Morgan fingerprint density at radius 3 is 2.69 bits per heavy atom. The number of halogens is 3. The predicted molar refractivity (Wildman–Crippen MR) is 147 cm³/mol. The van der Waals surface area contributed by atoms with Crippen LogP contribution in [0.15, 0.2) is 40.3 Å². The predicted octanol–water partition coefficient (Wildman–Crippen LogP) is 4.65. The number of alkyl halides is 3. The molecule has 0 bridgehead atoms. The van der Waals surface area contributed by atoms with Gasteiger partial charge in [-0.2, -0.15) is 13.2 Å². The number of ether oxygens (including phenoxy) is 2. The zero-order valence-corrected chi connectivity index (χ0v) is 23.6. The molecule has 11 nitrogen and oxygen atoms in total. The molecule has 1 saturated heterocycles. The third-order valence-corrected chi connectivity index (χ3v) is 7.42. The summed E-state index contributed by atoms with van der Waals surface area (Å²) in [4.78, 5) is 40.6. The number of nitrogens with zero attached hydrogens (tertiary/aromatic N) is 4. The molecule has 4 aromatic rings. The van der Waals surface area contributed by atoms with Gasteiger partial charge in [0.05, 0.1) is 19.8 Å². The summed E-state index contributed by atoms with van der Waals surface area (Å²) in [5.41, 5.74) is 5.16. The van der Waals surface area contributed by atoms with Crippen LogP contribution >= 0.6 is 11.3 Å². The zero-order valence-electron chi connectivity index (χ0n) is 22.8. The second-order valence-electron chi connectivity index (χ2n) is 9.57. The SMILES string of the molecule is CCOC(=O)[C@@H]1C[C@H](Nc2nccs2)CN1C(=O)c1nc(-c2ccc(OC)c3nc(C(F)(F)F)ccc23)oc1[C@H](C)N. The highest BCUT2D eigenvalue weighted by molar-refractivity contribution is 7.13. The van der Waals surface area contributed by atoms with Gasteiger partial charge in [-0.25, -0.2) is 19.7 Å². The number of fused-ring (bicyclic) bond motifs is 1. The number of esters is 1. The summed E-state index contributed by atoms with van der Waals surface area (Å²) in [6.07, 6.45) is -2.75. The van der Waals surface area contributed by atoms with E-state index in [1.807, 2.05) is 0 Å². The van der Waals surface area contributed by atoms with Gasteiger partial charge >= 0.3 is 12.1 Å². The van der Waals surface area contributed by atoms with Crippen LogP contribution in [-0.2, 0) is 15.7 Å². The number of hydrogen-bond acceptors (Lipinski definition) is 11. The molecule has 0 aliphatic carbocycles. The van der Waals surface area contributed by atoms with E-state index in [1.54, 1.807) is 31.5 Å². The fourth-order valence-electron chi connectivity index (χ4n) is 4.84. The number of likely N-dealkylation sites (tertiary alicyclic amines) is 1. The Morgan fingerprint density at radius 1 is 1.26 bits per heavy atom. The number of methoxy groups -OCH3 is 1. The Labute approximate surface area is 241 Å². The first-order valence-corrected chi connectivity index (χ1v) is 13.8. The van der Waals surface area contributed by atoms with Crippen LogP contribution in [0.4, 0.5) is 18.3 Å². The molecule has 4 heterocycles. The van der Waals surface area contributed by atoms with Crippen LogP contribution in [0.5, 0.6) is 5.75 Å². The molecule has 42 heavy (non-hydrogen) atoms. The number of thiazole rings is 1. The first kappa shape index (κ1) is 29.3. The van der Waals surface area contributed by atoms with E-state index in [2.05, 4.69) is 20.3 Å². The lowest BCUT2D eigenvalue weighted by Gasteiger charge is -2.22. The van der Waals surface area contributed by atoms with Crippen LogP contribution in [0, 0.1) is 0 Å². The van der Waals surface area contributed by atoms with E-state index in [1.165, 1.54) is 35.5 Å². The van der Waals surface area contributed by atoms with Crippen molar-refractivity contribution < 1.29 is 36.7 Å². The molecule has 3 atom stereocenters. The Bertz CT molecular complexity index is 1610. The van der Waals surface area contributed by atoms with Crippen LogP contribution in [0.1, 0.15) is 48.3 Å². The van der Waals surface area contributed by atoms with E-state index in [-0.39, 0.29) is 65.2 Å². The first-order chi connectivity index (χ1) is 20.0. The van der Waals surface area contributed by atoms with Crippen molar-refractivity contribution in [3.8, 4) is 17.2 Å². The molecule has 0 unspecified atom stereocenters. The highest BCUT2D eigenvalue weighted by Gasteiger charge is 2.43. The van der Waals surface area contributed by atoms with Gasteiger partial charge < -0.3 is 29.8 Å². The van der Waals surface area contributed by atoms with Crippen LogP contribution in [0.3, 0.4) is 0 Å². The molecule has 3 aromatic heterocycles. The quantitative estimate of drug-likeness (QED) is 0.273. The average Bonchev–Trinajstić information content (AvgIpc) is 3.72. The Morgan fingerprint density at radius 2 is 2.05 bits per heavy atom. The fourth-order valence-corrected chi connectivity index (χ4v) is 5.45. The summed E-state index contributed by atoms with van der Waals surface area (Å²) >= 11 is 1.39. The molecule has 222 valence electrons. The van der Waals surface area contributed by atoms with E-state index in [9.17, 15) is 22.8 Å². The molecule has 5 rings (SSSR count). The van der Waals surface area contributed by atoms with E-state index < -0.39 is 35.8 Å². The molecule has 0 saturated carbocycles. The summed E-state index contributed by atoms with van der Waals surface area (Å²) in [6.45, 7) is 3.56. The molecule has 0 radical (unpaired) electrons. The van der Waals surface area contributed by atoms with Crippen molar-refractivity contribution in [2.45, 2.75) is 44.6 Å². The fraction of sp³-hybridized carbons (Fsp3) is 0.370. The Hall–Kier alpha value is -4.24. The zero-order chi connectivity index (χ0) is 30.2. The van der Waals surface area contributed by atoms with E-state index in [4.69, 9.17) is 19.6 Å². The number of carbonyl (C=O) groups excluding carboxylic acids is 2. The van der Waals surface area contributed by atoms with E-state index in [0.717, 1.165) is 6.07 Å². The topological polar surface area (TPSA) is 146 Å². The second-order valence-corrected chi connectivity index (χ2v) is 10.5. The number of pyridine rings is 1. The number of amides is 1. The largest absolute Gasteiger partial charge is 0.494 e. The first-order valence-electron chi connectivity index (χ1n) is 13.0. The summed E-state index contributed by atoms with van der Waals surface area (Å²) in [7, 11) is 1.32. The van der Waals surface area contributed by atoms with Crippen molar-refractivity contribution in [1.29, 1.82) is 0 Å². The second kappa shape index (κ2) is 11.6. The van der Waals surface area contributed by atoms with Crippen LogP contribution in [0.2, 0.25) is 0 Å². The van der Waals surface area contributed by atoms with Gasteiger partial charge in [0, 0.05) is 41.5 Å². The summed E-state index contributed by atoms with van der Waals surface area (Å²) in [5, 5.41) is 5.94. The minimum absolute atomic E-state index is 0.0517. The number of oxazole rings is 1. The highest BCUT2D eigenvalue weighted by Crippen LogP contribution is 2.38. The summed E-state index contributed by atoms with van der Waals surface area (Å²) < 4.78 is 56.6. The average molecular weight is 605 g/mol. The lowest BCUT2D eigenvalue weighted by molar-refractivity contribution is -0.147. The number of hydrogen-bond donors (Lipinski definition) is 2. The number of anilines is 1. The van der Waals surface area contributed by atoms with Crippen LogP contribution < -0.4 is 15.8 Å². The minimum Gasteiger partial charge on any atom is -0.494 e. The molecule has 1 aromatic carbocycles. The van der Waals surface area contributed by atoms with Crippen molar-refractivity contribution >= 4 is 39.2 Å². The molecule has 1 aliphatic heterocycles. The third-order valence-electron chi connectivity index (χ3n) is 6.71. The van der Waals surface area contributed by atoms with Gasteiger partial charge in [0.2, 0.25) is 5.89 Å². The van der Waals surface area contributed by atoms with Gasteiger partial charge in [-0.15, -0.1) is 11.3 Å². The van der Waals surface area contributed by atoms with Gasteiger partial charge in [0.15, 0.2) is 16.6 Å². The van der Waals surface area contributed by atoms with Crippen molar-refractivity contribution in [3.63, 3.8) is 0 Å². The van der Waals surface area contributed by atoms with Crippen LogP contribution in [0.25, 0.3) is 22.4 Å². The molecule has 3 N–H and O–H groups in total. The lowest BCUT2D eigenvalue weighted by Crippen LogP contribution is -2.42. The number of carbonyl (C=O) groups is 2. The van der Waals surface area contributed by atoms with Gasteiger partial charge in [-0.3, -0.25) is 4.79 Å². The molecular weight excluding hydrogens is 577 g/mol. The van der Waals surface area contributed by atoms with Crippen molar-refractivity contribution in [2.75, 3.05) is 25.6 Å². The molecule has 0 spiro atoms. The Kier molecular flexibility index (Phi) is 8.06. The van der Waals surface area contributed by atoms with Gasteiger partial charge in [0.1, 0.15) is 23.0 Å². The van der Waals surface area contributed by atoms with Crippen molar-refractivity contribution in [2.24, 2.45) is 5.73 Å². The Balaban J connectivity index is 1.55. The number of aromatic nitrogens is 3. The van der Waals surface area contributed by atoms with E-state index in [0.29, 0.717) is 5.13 Å². The summed E-state index contributed by atoms with van der Waals surface area (Å²) in [5.74, 6) is -1.05. The van der Waals surface area contributed by atoms with Gasteiger partial charge in [0.25, 0.3) is 5.91 Å². The van der Waals surface area contributed by atoms with Crippen molar-refractivity contribution in [3.05, 3.63) is 53.0 Å². The monoisotopic (exact) mass is 604 g/mol. The van der Waals surface area contributed by atoms with Gasteiger partial charge in [-0.05, 0) is 38.1 Å². The maximum Gasteiger partial charge on any atom is 0.433 e. The van der Waals surface area contributed by atoms with Gasteiger partial charge in [-0.1, -0.05) is 0 Å². The lowest BCUT2D eigenvalue weighted by atomic mass is 10.1. The molecular formula is C27H27F3N6O5S. The molecule has 1 aliphatic rings. The van der Waals surface area contributed by atoms with E-state index >= 15 is 0 Å². The maximum absolute atomic E-state index is 13.9. The molecule has 1 amide bonds. The number of nitrogens with one attached hydrogen (secondary N) is 1. The number of benzene rings is 1. The smallest absolute Gasteiger partial charge is 0.433 e. The minimum atomic E-state index is -4.67.